The van der Waals surface area contributed by atoms with Gasteiger partial charge >= 0.3 is 6.03 Å². The molecule has 1 N–H and O–H groups in total. The topological polar surface area (TPSA) is 116 Å². The van der Waals surface area contributed by atoms with E-state index in [-0.39, 0.29) is 18.0 Å². The van der Waals surface area contributed by atoms with Crippen molar-refractivity contribution in [2.24, 2.45) is 0 Å². The summed E-state index contributed by atoms with van der Waals surface area (Å²) < 4.78 is 2.03. The Balaban J connectivity index is 1.36. The monoisotopic (exact) mass is 454 g/mol. The average Bonchev–Trinajstić information content (AvgIpc) is 3.40. The first kappa shape index (κ1) is 22.6. The minimum absolute atomic E-state index is 0.0164. The molecule has 2 aliphatic heterocycles. The third kappa shape index (κ3) is 5.11. The van der Waals surface area contributed by atoms with Gasteiger partial charge in [-0.2, -0.15) is 15.0 Å². The predicted molar refractivity (Wildman–Crippen MR) is 123 cm³/mol. The number of aromatic nitrogens is 5. The van der Waals surface area contributed by atoms with Crippen molar-refractivity contribution in [1.29, 1.82) is 0 Å². The molecule has 2 aromatic rings. The lowest BCUT2D eigenvalue weighted by atomic mass is 10.2. The zero-order valence-corrected chi connectivity index (χ0v) is 19.3. The Labute approximate surface area is 192 Å². The van der Waals surface area contributed by atoms with Crippen molar-refractivity contribution in [2.75, 3.05) is 56.5 Å². The largest absolute Gasteiger partial charge is 0.346 e. The van der Waals surface area contributed by atoms with Crippen LogP contribution in [0.25, 0.3) is 0 Å². The molecule has 2 saturated heterocycles. The summed E-state index contributed by atoms with van der Waals surface area (Å²) in [6.07, 6.45) is 5.16. The number of likely N-dealkylation sites (N-methyl/N-ethyl adjacent to an activating group) is 1. The minimum Gasteiger partial charge on any atom is -0.346 e. The van der Waals surface area contributed by atoms with E-state index >= 15 is 0 Å². The second-order valence-electron chi connectivity index (χ2n) is 8.33. The van der Waals surface area contributed by atoms with Crippen LogP contribution in [0.3, 0.4) is 0 Å². The van der Waals surface area contributed by atoms with Crippen molar-refractivity contribution in [1.82, 2.24) is 39.2 Å². The molecule has 1 atom stereocenters. The lowest BCUT2D eigenvalue weighted by Crippen LogP contribution is -2.48. The number of hydrogen-bond donors (Lipinski definition) is 1. The van der Waals surface area contributed by atoms with E-state index < -0.39 is 0 Å². The van der Waals surface area contributed by atoms with Crippen LogP contribution in [0.5, 0.6) is 0 Å². The summed E-state index contributed by atoms with van der Waals surface area (Å²) in [6, 6.07) is -0.257. The Kier molecular flexibility index (Phi) is 6.54. The van der Waals surface area contributed by atoms with Crippen molar-refractivity contribution >= 4 is 23.8 Å². The molecule has 0 aliphatic carbocycles. The van der Waals surface area contributed by atoms with Gasteiger partial charge in [-0.1, -0.05) is 6.58 Å². The van der Waals surface area contributed by atoms with Crippen LogP contribution in [-0.2, 0) is 11.5 Å². The van der Waals surface area contributed by atoms with E-state index in [2.05, 4.69) is 36.7 Å². The van der Waals surface area contributed by atoms with Gasteiger partial charge in [0.15, 0.2) is 0 Å². The molecule has 2 aromatic heterocycles. The summed E-state index contributed by atoms with van der Waals surface area (Å²) in [5, 5.41) is 3.27. The highest BCUT2D eigenvalue weighted by Crippen LogP contribution is 2.20. The van der Waals surface area contributed by atoms with Crippen LogP contribution in [0.15, 0.2) is 25.2 Å². The molecular weight excluding hydrogens is 424 g/mol. The van der Waals surface area contributed by atoms with Crippen LogP contribution in [0.1, 0.15) is 24.5 Å². The Morgan fingerprint density at radius 2 is 1.94 bits per heavy atom. The molecule has 176 valence electrons. The van der Waals surface area contributed by atoms with Gasteiger partial charge in [0.2, 0.25) is 17.8 Å². The van der Waals surface area contributed by atoms with Crippen LogP contribution < -0.4 is 10.2 Å². The maximum atomic E-state index is 12.3. The highest BCUT2D eigenvalue weighted by molar-refractivity contribution is 5.92. The van der Waals surface area contributed by atoms with Crippen molar-refractivity contribution in [3.05, 3.63) is 36.7 Å². The molecule has 0 saturated carbocycles. The molecule has 0 aromatic carbocycles. The van der Waals surface area contributed by atoms with Crippen LogP contribution in [0.2, 0.25) is 0 Å². The summed E-state index contributed by atoms with van der Waals surface area (Å²) >= 11 is 0. The molecule has 33 heavy (non-hydrogen) atoms. The Morgan fingerprint density at radius 3 is 2.61 bits per heavy atom. The van der Waals surface area contributed by atoms with E-state index in [4.69, 9.17) is 0 Å². The maximum Gasteiger partial charge on any atom is 0.326 e. The fourth-order valence-electron chi connectivity index (χ4n) is 3.90. The summed E-state index contributed by atoms with van der Waals surface area (Å²) in [6.45, 7) is 12.2. The summed E-state index contributed by atoms with van der Waals surface area (Å²) in [5.41, 5.74) is 0.854. The smallest absolute Gasteiger partial charge is 0.326 e. The van der Waals surface area contributed by atoms with Crippen LogP contribution >= 0.6 is 0 Å². The number of hydrogen-bond acceptors (Lipinski definition) is 8. The van der Waals surface area contributed by atoms with Crippen molar-refractivity contribution in [3.8, 4) is 0 Å². The molecule has 4 heterocycles. The standard InChI is InChI=1S/C21H30N10O2/c1-5-18(32)30-9-7-28(8-10-30)14-29-12-17(22-13-29)15(2)23-19-24-16(3)25-20(26-19)31-11-6-27(4)21(31)33/h5,12-13,15H,1,6-11,14H2,2-4H3,(H,23,24,25,26)/t15-/m0/s1. The number of carbonyl (C=O) groups is 2. The molecule has 3 amide bonds. The zero-order chi connectivity index (χ0) is 23.5. The Bertz CT molecular complexity index is 1030. The molecule has 2 fully saturated rings. The van der Waals surface area contributed by atoms with E-state index in [0.29, 0.717) is 50.6 Å². The zero-order valence-electron chi connectivity index (χ0n) is 19.3. The SMILES string of the molecule is C=CC(=O)N1CCN(Cn2cnc([C@H](C)Nc3nc(C)nc(N4CCN(C)C4=O)n3)c2)CC1. The number of urea groups is 1. The number of imidazole rings is 1. The Hall–Kier alpha value is -3.54. The number of carbonyl (C=O) groups excluding carboxylic acids is 2. The van der Waals surface area contributed by atoms with Crippen LogP contribution in [0.4, 0.5) is 16.7 Å². The second kappa shape index (κ2) is 9.53. The van der Waals surface area contributed by atoms with E-state index in [1.54, 1.807) is 30.1 Å². The molecule has 12 heteroatoms. The molecule has 12 nitrogen and oxygen atoms in total. The van der Waals surface area contributed by atoms with E-state index in [0.717, 1.165) is 18.8 Å². The summed E-state index contributed by atoms with van der Waals surface area (Å²) in [4.78, 5) is 49.0. The molecule has 0 radical (unpaired) electrons. The van der Waals surface area contributed by atoms with Crippen molar-refractivity contribution in [3.63, 3.8) is 0 Å². The van der Waals surface area contributed by atoms with Gasteiger partial charge < -0.3 is 19.7 Å². The number of aryl methyl sites for hydroxylation is 1. The third-order valence-electron chi connectivity index (χ3n) is 5.86. The molecule has 2 aliphatic rings. The van der Waals surface area contributed by atoms with Gasteiger partial charge in [0, 0.05) is 52.5 Å². The van der Waals surface area contributed by atoms with Gasteiger partial charge in [-0.15, -0.1) is 0 Å². The minimum atomic E-state index is -0.139. The van der Waals surface area contributed by atoms with E-state index in [9.17, 15) is 9.59 Å². The van der Waals surface area contributed by atoms with Crippen molar-refractivity contribution in [2.45, 2.75) is 26.6 Å². The first-order valence-electron chi connectivity index (χ1n) is 11.0. The molecular formula is C21H30N10O2. The average molecular weight is 455 g/mol. The number of anilines is 2. The number of amides is 3. The lowest BCUT2D eigenvalue weighted by Gasteiger charge is -2.34. The van der Waals surface area contributed by atoms with Crippen molar-refractivity contribution < 1.29 is 9.59 Å². The van der Waals surface area contributed by atoms with E-state index in [1.165, 1.54) is 6.08 Å². The summed E-state index contributed by atoms with van der Waals surface area (Å²) in [5.74, 6) is 1.28. The van der Waals surface area contributed by atoms with Gasteiger partial charge in [-0.05, 0) is 19.9 Å². The van der Waals surface area contributed by atoms with Gasteiger partial charge in [-0.25, -0.2) is 9.78 Å². The lowest BCUT2D eigenvalue weighted by molar-refractivity contribution is -0.127. The second-order valence-corrected chi connectivity index (χ2v) is 8.33. The number of nitrogens with zero attached hydrogens (tertiary/aromatic N) is 9. The van der Waals surface area contributed by atoms with Gasteiger partial charge in [0.1, 0.15) is 5.82 Å². The normalized spacial score (nSPS) is 18.0. The summed E-state index contributed by atoms with van der Waals surface area (Å²) in [7, 11) is 1.76. The highest BCUT2D eigenvalue weighted by atomic mass is 16.2. The Morgan fingerprint density at radius 1 is 1.18 bits per heavy atom. The van der Waals surface area contributed by atoms with E-state index in [1.807, 2.05) is 22.6 Å². The first-order valence-corrected chi connectivity index (χ1v) is 11.0. The third-order valence-corrected chi connectivity index (χ3v) is 5.86. The van der Waals surface area contributed by atoms with Crippen LogP contribution in [-0.4, -0.2) is 97.5 Å². The molecule has 0 unspecified atom stereocenters. The maximum absolute atomic E-state index is 12.3. The first-order chi connectivity index (χ1) is 15.8. The number of rotatable bonds is 7. The highest BCUT2D eigenvalue weighted by Gasteiger charge is 2.29. The molecule has 4 rings (SSSR count). The molecule has 0 bridgehead atoms. The predicted octanol–water partition coefficient (Wildman–Crippen LogP) is 0.709. The fourth-order valence-corrected chi connectivity index (χ4v) is 3.90. The van der Waals surface area contributed by atoms with Crippen LogP contribution in [0, 0.1) is 6.92 Å². The molecule has 0 spiro atoms. The fraction of sp³-hybridized carbons (Fsp3) is 0.524. The van der Waals surface area contributed by atoms with Gasteiger partial charge in [0.05, 0.1) is 24.7 Å². The van der Waals surface area contributed by atoms with Gasteiger partial charge in [0.25, 0.3) is 0 Å². The van der Waals surface area contributed by atoms with Gasteiger partial charge in [-0.3, -0.25) is 14.6 Å². The quantitative estimate of drug-likeness (QED) is 0.608. The number of piperazine rings is 1. The number of nitrogens with one attached hydrogen (secondary N) is 1.